The van der Waals surface area contributed by atoms with Crippen LogP contribution in [0.15, 0.2) is 35.2 Å². The quantitative estimate of drug-likeness (QED) is 0.806. The van der Waals surface area contributed by atoms with Gasteiger partial charge < -0.3 is 0 Å². The minimum absolute atomic E-state index is 0.161. The number of imide groups is 1. The van der Waals surface area contributed by atoms with Crippen molar-refractivity contribution in [2.45, 2.75) is 32.6 Å². The molecule has 138 valence electrons. The van der Waals surface area contributed by atoms with E-state index in [4.69, 9.17) is 0 Å². The highest BCUT2D eigenvalue weighted by Crippen LogP contribution is 2.41. The maximum atomic E-state index is 13.0. The molecular weight excluding hydrogens is 352 g/mol. The van der Waals surface area contributed by atoms with E-state index in [1.165, 1.54) is 10.4 Å². The highest BCUT2D eigenvalue weighted by molar-refractivity contribution is 7.89. The lowest BCUT2D eigenvalue weighted by atomic mass is 10.1. The maximum Gasteiger partial charge on any atom is 0.265 e. The maximum absolute atomic E-state index is 13.0. The molecule has 3 rings (SSSR count). The van der Waals surface area contributed by atoms with Crippen molar-refractivity contribution in [1.29, 1.82) is 0 Å². The summed E-state index contributed by atoms with van der Waals surface area (Å²) in [5.74, 6) is -1.05. The number of rotatable bonds is 5. The number of carbonyl (C=O) groups is 2. The molecular formula is C19H22N2O4S. The van der Waals surface area contributed by atoms with Gasteiger partial charge in [-0.3, -0.25) is 9.59 Å². The highest BCUT2D eigenvalue weighted by Gasteiger charge is 2.37. The van der Waals surface area contributed by atoms with Crippen LogP contribution in [0.3, 0.4) is 0 Å². The van der Waals surface area contributed by atoms with Gasteiger partial charge in [-0.2, -0.15) is 4.31 Å². The van der Waals surface area contributed by atoms with Gasteiger partial charge in [-0.25, -0.2) is 13.3 Å². The molecule has 0 spiro atoms. The SMILES string of the molecule is CCN(CC)S(=O)(=O)c1ccc2c3c(cccc13)C(=O)N2C(=O)C(C)C. The lowest BCUT2D eigenvalue weighted by Crippen LogP contribution is -2.36. The van der Waals surface area contributed by atoms with Crippen LogP contribution >= 0.6 is 0 Å². The highest BCUT2D eigenvalue weighted by atomic mass is 32.2. The molecule has 0 atom stereocenters. The number of sulfonamides is 1. The molecule has 0 bridgehead atoms. The number of benzene rings is 2. The molecule has 1 heterocycles. The molecule has 1 aliphatic heterocycles. The molecule has 0 aliphatic carbocycles. The van der Waals surface area contributed by atoms with Crippen molar-refractivity contribution in [3.63, 3.8) is 0 Å². The molecule has 1 aliphatic rings. The van der Waals surface area contributed by atoms with Gasteiger partial charge in [0.15, 0.2) is 0 Å². The van der Waals surface area contributed by atoms with Crippen LogP contribution in [0, 0.1) is 5.92 Å². The fourth-order valence-corrected chi connectivity index (χ4v) is 5.01. The van der Waals surface area contributed by atoms with Crippen molar-refractivity contribution >= 4 is 38.3 Å². The Bertz CT molecular complexity index is 1010. The second-order valence-corrected chi connectivity index (χ2v) is 8.44. The molecule has 2 aromatic rings. The Balaban J connectivity index is 2.30. The zero-order valence-electron chi connectivity index (χ0n) is 15.3. The van der Waals surface area contributed by atoms with Crippen LogP contribution in [0.4, 0.5) is 5.69 Å². The molecule has 0 unspecified atom stereocenters. The minimum atomic E-state index is -3.69. The number of hydrogen-bond donors (Lipinski definition) is 0. The largest absolute Gasteiger partial charge is 0.274 e. The molecule has 2 amide bonds. The fraction of sp³-hybridized carbons (Fsp3) is 0.368. The van der Waals surface area contributed by atoms with Crippen molar-refractivity contribution in [1.82, 2.24) is 4.31 Å². The lowest BCUT2D eigenvalue weighted by Gasteiger charge is -2.21. The normalized spacial score (nSPS) is 14.1. The molecule has 26 heavy (non-hydrogen) atoms. The molecule has 2 aromatic carbocycles. The van der Waals surface area contributed by atoms with Crippen molar-refractivity contribution in [2.24, 2.45) is 5.92 Å². The van der Waals surface area contributed by atoms with Crippen LogP contribution < -0.4 is 4.90 Å². The van der Waals surface area contributed by atoms with Gasteiger partial charge in [0.05, 0.1) is 16.1 Å². The summed E-state index contributed by atoms with van der Waals surface area (Å²) >= 11 is 0. The Morgan fingerprint density at radius 2 is 1.77 bits per heavy atom. The first-order chi connectivity index (χ1) is 12.3. The Morgan fingerprint density at radius 3 is 2.35 bits per heavy atom. The monoisotopic (exact) mass is 374 g/mol. The number of carbonyl (C=O) groups excluding carboxylic acids is 2. The molecule has 0 aromatic heterocycles. The van der Waals surface area contributed by atoms with Crippen molar-refractivity contribution in [3.05, 3.63) is 35.9 Å². The van der Waals surface area contributed by atoms with Gasteiger partial charge in [0.1, 0.15) is 0 Å². The van der Waals surface area contributed by atoms with Gasteiger partial charge in [0.2, 0.25) is 15.9 Å². The first-order valence-corrected chi connectivity index (χ1v) is 10.1. The summed E-state index contributed by atoms with van der Waals surface area (Å²) in [6.07, 6.45) is 0. The van der Waals surface area contributed by atoms with Crippen LogP contribution in [0.25, 0.3) is 10.8 Å². The van der Waals surface area contributed by atoms with Crippen molar-refractivity contribution in [3.8, 4) is 0 Å². The zero-order chi connectivity index (χ0) is 19.2. The molecule has 0 saturated heterocycles. The molecule has 0 radical (unpaired) electrons. The zero-order valence-corrected chi connectivity index (χ0v) is 16.1. The van der Waals surface area contributed by atoms with Gasteiger partial charge >= 0.3 is 0 Å². The Labute approximate surface area is 153 Å². The lowest BCUT2D eigenvalue weighted by molar-refractivity contribution is -0.120. The number of nitrogens with zero attached hydrogens (tertiary/aromatic N) is 2. The summed E-state index contributed by atoms with van der Waals surface area (Å²) in [5.41, 5.74) is 0.820. The van der Waals surface area contributed by atoms with E-state index in [-0.39, 0.29) is 16.7 Å². The summed E-state index contributed by atoms with van der Waals surface area (Å²) < 4.78 is 27.4. The summed E-state index contributed by atoms with van der Waals surface area (Å²) in [6.45, 7) is 7.75. The third kappa shape index (κ3) is 2.54. The summed E-state index contributed by atoms with van der Waals surface area (Å²) in [6, 6.07) is 8.04. The standard InChI is InChI=1S/C19H22N2O4S/c1-5-20(6-2)26(24,25)16-11-10-15-17-13(16)8-7-9-14(17)19(23)21(15)18(22)12(3)4/h7-12H,5-6H2,1-4H3. The minimum Gasteiger partial charge on any atom is -0.274 e. The van der Waals surface area contributed by atoms with Crippen LogP contribution in [0.1, 0.15) is 38.1 Å². The first kappa shape index (κ1) is 18.5. The number of hydrogen-bond acceptors (Lipinski definition) is 4. The third-order valence-electron chi connectivity index (χ3n) is 4.69. The van der Waals surface area contributed by atoms with Gasteiger partial charge in [0, 0.05) is 29.8 Å². The number of amides is 2. The summed E-state index contributed by atoms with van der Waals surface area (Å²) in [7, 11) is -3.69. The number of anilines is 1. The molecule has 7 heteroatoms. The van der Waals surface area contributed by atoms with Gasteiger partial charge in [-0.1, -0.05) is 39.8 Å². The van der Waals surface area contributed by atoms with E-state index in [2.05, 4.69) is 0 Å². The first-order valence-electron chi connectivity index (χ1n) is 8.69. The van der Waals surface area contributed by atoms with E-state index in [1.54, 1.807) is 52.0 Å². The molecule has 0 N–H and O–H groups in total. The Morgan fingerprint density at radius 1 is 1.12 bits per heavy atom. The fourth-order valence-electron chi connectivity index (χ4n) is 3.36. The Hall–Kier alpha value is -2.25. The van der Waals surface area contributed by atoms with Crippen LogP contribution in [0.2, 0.25) is 0 Å². The van der Waals surface area contributed by atoms with E-state index in [1.807, 2.05) is 0 Å². The average Bonchev–Trinajstić information content (AvgIpc) is 2.89. The van der Waals surface area contributed by atoms with Crippen LogP contribution in [-0.4, -0.2) is 37.6 Å². The predicted octanol–water partition coefficient (Wildman–Crippen LogP) is 3.01. The molecule has 6 nitrogen and oxygen atoms in total. The van der Waals surface area contributed by atoms with E-state index >= 15 is 0 Å². The molecule has 0 fully saturated rings. The van der Waals surface area contributed by atoms with Gasteiger partial charge in [-0.15, -0.1) is 0 Å². The average molecular weight is 374 g/mol. The van der Waals surface area contributed by atoms with Gasteiger partial charge in [0.25, 0.3) is 5.91 Å². The van der Waals surface area contributed by atoms with E-state index in [0.29, 0.717) is 35.1 Å². The summed E-state index contributed by atoms with van der Waals surface area (Å²) in [4.78, 5) is 26.6. The second-order valence-electron chi connectivity index (χ2n) is 6.53. The Kier molecular flexibility index (Phi) is 4.62. The van der Waals surface area contributed by atoms with E-state index < -0.39 is 15.9 Å². The van der Waals surface area contributed by atoms with Crippen molar-refractivity contribution in [2.75, 3.05) is 18.0 Å². The third-order valence-corrected chi connectivity index (χ3v) is 6.80. The predicted molar refractivity (Wildman–Crippen MR) is 101 cm³/mol. The van der Waals surface area contributed by atoms with Crippen LogP contribution in [-0.2, 0) is 14.8 Å². The van der Waals surface area contributed by atoms with E-state index in [0.717, 1.165) is 4.90 Å². The smallest absolute Gasteiger partial charge is 0.265 e. The topological polar surface area (TPSA) is 74.8 Å². The van der Waals surface area contributed by atoms with Gasteiger partial charge in [-0.05, 0) is 18.2 Å². The molecule has 0 saturated carbocycles. The van der Waals surface area contributed by atoms with Crippen molar-refractivity contribution < 1.29 is 18.0 Å². The summed E-state index contributed by atoms with van der Waals surface area (Å²) in [5, 5.41) is 0.999. The van der Waals surface area contributed by atoms with Crippen LogP contribution in [0.5, 0.6) is 0 Å². The second kappa shape index (κ2) is 6.48. The van der Waals surface area contributed by atoms with E-state index in [9.17, 15) is 18.0 Å².